The molecule has 1 aliphatic heterocycles. The molecule has 3 rings (SSSR count). The predicted molar refractivity (Wildman–Crippen MR) is 83.6 cm³/mol. The van der Waals surface area contributed by atoms with Gasteiger partial charge in [-0.25, -0.2) is 0 Å². The van der Waals surface area contributed by atoms with Gasteiger partial charge in [0.15, 0.2) is 6.29 Å². The molecule has 3 aliphatic rings. The van der Waals surface area contributed by atoms with E-state index >= 15 is 0 Å². The van der Waals surface area contributed by atoms with Gasteiger partial charge in [-0.05, 0) is 30.1 Å². The van der Waals surface area contributed by atoms with Crippen molar-refractivity contribution in [2.24, 2.45) is 22.2 Å². The Morgan fingerprint density at radius 3 is 2.37 bits per heavy atom. The molecule has 1 saturated heterocycles. The summed E-state index contributed by atoms with van der Waals surface area (Å²) in [7, 11) is 0. The molecule has 0 radical (unpaired) electrons. The maximum Gasteiger partial charge on any atom is 0.161 e. The van der Waals surface area contributed by atoms with Crippen LogP contribution in [0.15, 0.2) is 0 Å². The lowest BCUT2D eigenvalue weighted by molar-refractivity contribution is -0.152. The van der Waals surface area contributed by atoms with Gasteiger partial charge in [-0.2, -0.15) is 0 Å². The van der Waals surface area contributed by atoms with Crippen molar-refractivity contribution >= 4 is 31.9 Å². The third-order valence-corrected chi connectivity index (χ3v) is 9.11. The van der Waals surface area contributed by atoms with Gasteiger partial charge in [0.25, 0.3) is 0 Å². The fraction of sp³-hybridized carbons (Fsp3) is 1.00. The monoisotopic (exact) mass is 394 g/mol. The summed E-state index contributed by atoms with van der Waals surface area (Å²) in [6.45, 7) is 9.15. The molecule has 0 aromatic rings. The fourth-order valence-corrected chi connectivity index (χ4v) is 7.04. The number of aliphatic hydroxyl groups excluding tert-OH is 1. The Bertz CT molecular complexity index is 400. The van der Waals surface area contributed by atoms with Crippen molar-refractivity contribution in [3.8, 4) is 0 Å². The fourth-order valence-electron chi connectivity index (χ4n) is 4.95. The Labute approximate surface area is 132 Å². The predicted octanol–water partition coefficient (Wildman–Crippen LogP) is 4.08. The number of halogens is 2. The zero-order valence-electron chi connectivity index (χ0n) is 12.1. The van der Waals surface area contributed by atoms with Gasteiger partial charge in [0, 0.05) is 21.0 Å². The molecule has 0 spiro atoms. The molecule has 0 amide bonds. The normalized spacial score (nSPS) is 59.8. The van der Waals surface area contributed by atoms with E-state index in [1.54, 1.807) is 0 Å². The van der Waals surface area contributed by atoms with Crippen LogP contribution in [0.5, 0.6) is 0 Å². The second kappa shape index (κ2) is 4.21. The summed E-state index contributed by atoms with van der Waals surface area (Å²) < 4.78 is 6.09. The summed E-state index contributed by atoms with van der Waals surface area (Å²) in [6, 6.07) is 0. The topological polar surface area (TPSA) is 29.5 Å². The minimum Gasteiger partial charge on any atom is -0.367 e. The smallest absolute Gasteiger partial charge is 0.161 e. The number of alkyl halides is 2. The maximum atomic E-state index is 10.6. The number of hydrogen-bond donors (Lipinski definition) is 1. The highest BCUT2D eigenvalue weighted by Gasteiger charge is 2.70. The van der Waals surface area contributed by atoms with Crippen molar-refractivity contribution in [2.75, 3.05) is 0 Å². The molecular weight excluding hydrogens is 372 g/mol. The lowest BCUT2D eigenvalue weighted by Gasteiger charge is -2.60. The van der Waals surface area contributed by atoms with E-state index in [2.05, 4.69) is 59.6 Å². The van der Waals surface area contributed by atoms with Crippen molar-refractivity contribution < 1.29 is 9.84 Å². The molecule has 1 heterocycles. The lowest BCUT2D eigenvalue weighted by atomic mass is 9.47. The van der Waals surface area contributed by atoms with Crippen molar-refractivity contribution in [1.82, 2.24) is 0 Å². The summed E-state index contributed by atoms with van der Waals surface area (Å²) >= 11 is 7.78. The first-order valence-electron chi connectivity index (χ1n) is 7.26. The molecule has 2 aliphatic carbocycles. The highest BCUT2D eigenvalue weighted by atomic mass is 79.9. The van der Waals surface area contributed by atoms with Crippen molar-refractivity contribution in [2.45, 2.75) is 69.0 Å². The number of hydrogen-bond acceptors (Lipinski definition) is 2. The van der Waals surface area contributed by atoms with Crippen LogP contribution in [0.3, 0.4) is 0 Å². The Balaban J connectivity index is 2.13. The van der Waals surface area contributed by atoms with Crippen LogP contribution in [-0.2, 0) is 4.74 Å². The van der Waals surface area contributed by atoms with Crippen LogP contribution >= 0.6 is 31.9 Å². The molecule has 0 aromatic heterocycles. The van der Waals surface area contributed by atoms with E-state index in [0.717, 1.165) is 12.8 Å². The molecule has 110 valence electrons. The van der Waals surface area contributed by atoms with Crippen molar-refractivity contribution in [3.05, 3.63) is 0 Å². The van der Waals surface area contributed by atoms with Gasteiger partial charge in [-0.3, -0.25) is 0 Å². The summed E-state index contributed by atoms with van der Waals surface area (Å²) in [6.07, 6.45) is 2.93. The van der Waals surface area contributed by atoms with Crippen LogP contribution in [0.4, 0.5) is 0 Å². The van der Waals surface area contributed by atoms with Gasteiger partial charge in [-0.1, -0.05) is 59.6 Å². The maximum absolute atomic E-state index is 10.6. The Hall–Kier alpha value is 0.880. The first kappa shape index (κ1) is 14.8. The summed E-state index contributed by atoms with van der Waals surface area (Å²) in [5.74, 6) is 0.404. The van der Waals surface area contributed by atoms with Gasteiger partial charge in [0.05, 0.1) is 6.10 Å². The van der Waals surface area contributed by atoms with Crippen molar-refractivity contribution in [3.63, 3.8) is 0 Å². The van der Waals surface area contributed by atoms with Gasteiger partial charge in [-0.15, -0.1) is 0 Å². The quantitative estimate of drug-likeness (QED) is 0.626. The van der Waals surface area contributed by atoms with Crippen LogP contribution in [0.25, 0.3) is 0 Å². The zero-order valence-corrected chi connectivity index (χ0v) is 15.3. The van der Waals surface area contributed by atoms with Crippen LogP contribution in [0.1, 0.15) is 47.0 Å². The van der Waals surface area contributed by atoms with E-state index in [9.17, 15) is 5.11 Å². The minimum atomic E-state index is -0.649. The molecule has 0 aromatic carbocycles. The second-order valence-electron chi connectivity index (χ2n) is 7.93. The number of ether oxygens (including phenoxy) is 1. The first-order valence-corrected chi connectivity index (χ1v) is 9.09. The molecule has 4 heteroatoms. The van der Waals surface area contributed by atoms with Gasteiger partial charge < -0.3 is 9.84 Å². The SMILES string of the molecule is CC1(C)CC(Br)C2(C)CCC(Br)C3(C)C(O)OC1C23. The Morgan fingerprint density at radius 1 is 1.11 bits per heavy atom. The van der Waals surface area contributed by atoms with Gasteiger partial charge in [0.2, 0.25) is 0 Å². The van der Waals surface area contributed by atoms with E-state index in [1.165, 1.54) is 6.42 Å². The van der Waals surface area contributed by atoms with Gasteiger partial charge in [0.1, 0.15) is 0 Å². The molecule has 2 saturated carbocycles. The lowest BCUT2D eigenvalue weighted by Crippen LogP contribution is -2.61. The van der Waals surface area contributed by atoms with Crippen LogP contribution < -0.4 is 0 Å². The zero-order chi connectivity index (χ0) is 14.2. The standard InChI is InChI=1S/C15H24Br2O2/c1-13(2)7-9(17)14(3)6-5-8(16)15(4)10(14)11(13)19-12(15)18/h8-12,18H,5-7H2,1-4H3. The first-order chi connectivity index (χ1) is 8.64. The van der Waals surface area contributed by atoms with E-state index < -0.39 is 6.29 Å². The van der Waals surface area contributed by atoms with Crippen LogP contribution in [0.2, 0.25) is 0 Å². The minimum absolute atomic E-state index is 0.112. The molecule has 7 unspecified atom stereocenters. The molecule has 7 atom stereocenters. The van der Waals surface area contributed by atoms with E-state index in [4.69, 9.17) is 4.74 Å². The van der Waals surface area contributed by atoms with E-state index in [1.807, 2.05) is 0 Å². The second-order valence-corrected chi connectivity index (χ2v) is 10.1. The van der Waals surface area contributed by atoms with Crippen LogP contribution in [0, 0.1) is 22.2 Å². The number of aliphatic hydroxyl groups is 1. The summed E-state index contributed by atoms with van der Waals surface area (Å²) in [4.78, 5) is 0.844. The van der Waals surface area contributed by atoms with Gasteiger partial charge >= 0.3 is 0 Å². The molecule has 19 heavy (non-hydrogen) atoms. The van der Waals surface area contributed by atoms with E-state index in [-0.39, 0.29) is 22.3 Å². The number of rotatable bonds is 0. The molecule has 0 bridgehead atoms. The highest BCUT2D eigenvalue weighted by Crippen LogP contribution is 2.68. The van der Waals surface area contributed by atoms with Crippen molar-refractivity contribution in [1.29, 1.82) is 0 Å². The Morgan fingerprint density at radius 2 is 1.74 bits per heavy atom. The van der Waals surface area contributed by atoms with Crippen LogP contribution in [-0.4, -0.2) is 27.2 Å². The molecule has 3 fully saturated rings. The summed E-state index contributed by atoms with van der Waals surface area (Å²) in [5.41, 5.74) is 0.152. The third-order valence-electron chi connectivity index (χ3n) is 6.29. The van der Waals surface area contributed by atoms with E-state index in [0.29, 0.717) is 15.6 Å². The molecule has 2 nitrogen and oxygen atoms in total. The average Bonchev–Trinajstić information content (AvgIpc) is 2.59. The Kier molecular flexibility index (Phi) is 3.28. The molecule has 1 N–H and O–H groups in total. The summed E-state index contributed by atoms with van der Waals surface area (Å²) in [5, 5.41) is 10.6. The highest BCUT2D eigenvalue weighted by molar-refractivity contribution is 9.09. The third kappa shape index (κ3) is 1.72. The largest absolute Gasteiger partial charge is 0.367 e. The average molecular weight is 396 g/mol. The molecular formula is C15H24Br2O2.